The summed E-state index contributed by atoms with van der Waals surface area (Å²) in [7, 11) is -9.91. The van der Waals surface area contributed by atoms with E-state index in [1.54, 1.807) is 0 Å². The van der Waals surface area contributed by atoms with Gasteiger partial charge in [-0.3, -0.25) is 37.3 Å². The van der Waals surface area contributed by atoms with Gasteiger partial charge in [-0.15, -0.1) is 0 Å². The Kier molecular flexibility index (Phi) is 64.3. The van der Waals surface area contributed by atoms with Crippen molar-refractivity contribution in [1.29, 1.82) is 0 Å². The van der Waals surface area contributed by atoms with Crippen LogP contribution < -0.4 is 0 Å². The van der Waals surface area contributed by atoms with E-state index in [0.29, 0.717) is 25.7 Å². The molecular formula is C75H146O17P2. The smallest absolute Gasteiger partial charge is 0.462 e. The zero-order valence-corrected chi connectivity index (χ0v) is 63.2. The summed E-state index contributed by atoms with van der Waals surface area (Å²) in [4.78, 5) is 72.8. The maximum absolute atomic E-state index is 13.1. The molecule has 0 aliphatic heterocycles. The molecule has 0 saturated carbocycles. The third kappa shape index (κ3) is 66.0. The van der Waals surface area contributed by atoms with E-state index in [-0.39, 0.29) is 25.7 Å². The Morgan fingerprint density at radius 2 is 0.543 bits per heavy atom. The molecule has 0 aliphatic carbocycles. The van der Waals surface area contributed by atoms with Crippen LogP contribution in [0, 0.1) is 17.8 Å². The summed E-state index contributed by atoms with van der Waals surface area (Å²) in [5.74, 6) is 0.272. The molecule has 0 bridgehead atoms. The molecule has 558 valence electrons. The lowest BCUT2D eigenvalue weighted by Crippen LogP contribution is -2.30. The molecule has 0 amide bonds. The van der Waals surface area contributed by atoms with Crippen LogP contribution >= 0.6 is 15.6 Å². The second-order valence-corrected chi connectivity index (χ2v) is 30.9. The van der Waals surface area contributed by atoms with Gasteiger partial charge in [0.05, 0.1) is 26.4 Å². The SMILES string of the molecule is CCCCCCCCCCCCCC(=O)OC[C@H](COP(=O)(O)OC[C@H](O)COP(=O)(O)OC[C@@H](COC(=O)CCCCCCCCCCCCC(C)CC)OC(=O)CCCCCCCCCCCCCCC(C)C)OC(=O)CCCCCCCCCCCCC(C)CC. The topological polar surface area (TPSA) is 237 Å². The number of hydrogen-bond donors (Lipinski definition) is 3. The number of aliphatic hydroxyl groups excluding tert-OH is 1. The van der Waals surface area contributed by atoms with Gasteiger partial charge in [-0.25, -0.2) is 9.13 Å². The number of phosphoric acid groups is 2. The summed E-state index contributed by atoms with van der Waals surface area (Å²) in [6, 6.07) is 0. The molecule has 19 heteroatoms. The second kappa shape index (κ2) is 65.7. The normalized spacial score (nSPS) is 14.7. The summed E-state index contributed by atoms with van der Waals surface area (Å²) in [6.45, 7) is 12.0. The Balaban J connectivity index is 5.28. The number of ether oxygens (including phenoxy) is 4. The molecule has 0 aromatic rings. The average Bonchev–Trinajstić information content (AvgIpc) is 1.29. The van der Waals surface area contributed by atoms with Crippen molar-refractivity contribution in [3.8, 4) is 0 Å². The molecule has 0 heterocycles. The average molecular weight is 1380 g/mol. The highest BCUT2D eigenvalue weighted by molar-refractivity contribution is 7.47. The summed E-state index contributed by atoms with van der Waals surface area (Å²) in [6.07, 6.45) is 51.0. The Labute approximate surface area is 575 Å². The van der Waals surface area contributed by atoms with Gasteiger partial charge in [-0.1, -0.05) is 331 Å². The number of hydrogen-bond acceptors (Lipinski definition) is 15. The molecule has 0 fully saturated rings. The first-order valence-corrected chi connectivity index (χ1v) is 41.9. The molecule has 4 unspecified atom stereocenters. The minimum Gasteiger partial charge on any atom is -0.462 e. The van der Waals surface area contributed by atoms with Gasteiger partial charge in [0.1, 0.15) is 19.3 Å². The Morgan fingerprint density at radius 1 is 0.309 bits per heavy atom. The van der Waals surface area contributed by atoms with Crippen molar-refractivity contribution in [1.82, 2.24) is 0 Å². The van der Waals surface area contributed by atoms with E-state index < -0.39 is 97.5 Å². The van der Waals surface area contributed by atoms with Gasteiger partial charge in [0.25, 0.3) is 0 Å². The van der Waals surface area contributed by atoms with Crippen molar-refractivity contribution >= 4 is 39.5 Å². The molecule has 0 aromatic carbocycles. The van der Waals surface area contributed by atoms with Crippen LogP contribution in [-0.4, -0.2) is 96.7 Å². The standard InChI is InChI=1S/C75H146O17P2/c1-8-11-12-13-14-15-18-28-35-42-49-56-72(77)85-62-71(92-75(80)59-52-45-38-31-24-22-27-34-41-48-55-68(7)10-3)65-90-94(83,84)88-61-69(76)60-87-93(81,82)89-64-70(63-86-73(78)57-50-43-36-29-23-21-26-33-40-47-54-67(6)9-2)91-74(79)58-51-44-37-30-20-17-16-19-25-32-39-46-53-66(4)5/h66-71,76H,8-65H2,1-7H3,(H,81,82)(H,83,84)/t67?,68?,69-,70-,71-/m1/s1. The molecule has 0 saturated heterocycles. The van der Waals surface area contributed by atoms with Gasteiger partial charge < -0.3 is 33.8 Å². The van der Waals surface area contributed by atoms with Crippen molar-refractivity contribution in [2.75, 3.05) is 39.6 Å². The first-order chi connectivity index (χ1) is 45.3. The number of aliphatic hydroxyl groups is 1. The van der Waals surface area contributed by atoms with Crippen molar-refractivity contribution in [2.24, 2.45) is 17.8 Å². The highest BCUT2D eigenvalue weighted by Crippen LogP contribution is 2.45. The van der Waals surface area contributed by atoms with Crippen LogP contribution in [0.4, 0.5) is 0 Å². The second-order valence-electron chi connectivity index (χ2n) is 28.0. The first kappa shape index (κ1) is 92.1. The number of esters is 4. The van der Waals surface area contributed by atoms with Gasteiger partial charge in [0, 0.05) is 25.7 Å². The summed E-state index contributed by atoms with van der Waals surface area (Å²) < 4.78 is 68.5. The van der Waals surface area contributed by atoms with Crippen molar-refractivity contribution in [3.63, 3.8) is 0 Å². The highest BCUT2D eigenvalue weighted by atomic mass is 31.2. The molecule has 0 spiro atoms. The first-order valence-electron chi connectivity index (χ1n) is 38.9. The summed E-state index contributed by atoms with van der Waals surface area (Å²) >= 11 is 0. The molecule has 0 radical (unpaired) electrons. The Morgan fingerprint density at radius 3 is 0.809 bits per heavy atom. The number of carbonyl (C=O) groups is 4. The van der Waals surface area contributed by atoms with Crippen LogP contribution in [0.25, 0.3) is 0 Å². The maximum atomic E-state index is 13.1. The Bertz CT molecular complexity index is 1840. The fraction of sp³-hybridized carbons (Fsp3) is 0.947. The summed E-state index contributed by atoms with van der Waals surface area (Å²) in [5, 5.41) is 10.6. The van der Waals surface area contributed by atoms with Gasteiger partial charge in [-0.05, 0) is 43.4 Å². The molecule has 0 aromatic heterocycles. The van der Waals surface area contributed by atoms with Gasteiger partial charge in [0.15, 0.2) is 12.2 Å². The monoisotopic (exact) mass is 1380 g/mol. The van der Waals surface area contributed by atoms with E-state index in [4.69, 9.17) is 37.0 Å². The molecule has 94 heavy (non-hydrogen) atoms. The van der Waals surface area contributed by atoms with Gasteiger partial charge in [0.2, 0.25) is 0 Å². The maximum Gasteiger partial charge on any atom is 0.472 e. The molecule has 17 nitrogen and oxygen atoms in total. The lowest BCUT2D eigenvalue weighted by atomic mass is 9.99. The third-order valence-corrected chi connectivity index (χ3v) is 20.0. The molecular weight excluding hydrogens is 1230 g/mol. The van der Waals surface area contributed by atoms with Crippen LogP contribution in [0.3, 0.4) is 0 Å². The van der Waals surface area contributed by atoms with Crippen LogP contribution in [-0.2, 0) is 65.4 Å². The van der Waals surface area contributed by atoms with E-state index in [1.807, 2.05) is 0 Å². The fourth-order valence-electron chi connectivity index (χ4n) is 11.4. The predicted octanol–water partition coefficient (Wildman–Crippen LogP) is 21.8. The van der Waals surface area contributed by atoms with Crippen LogP contribution in [0.2, 0.25) is 0 Å². The van der Waals surface area contributed by atoms with Crippen molar-refractivity contribution < 1.29 is 80.2 Å². The van der Waals surface area contributed by atoms with Crippen LogP contribution in [0.15, 0.2) is 0 Å². The van der Waals surface area contributed by atoms with Gasteiger partial charge >= 0.3 is 39.5 Å². The van der Waals surface area contributed by atoms with Crippen molar-refractivity contribution in [2.45, 2.75) is 401 Å². The minimum atomic E-state index is -4.96. The molecule has 0 aliphatic rings. The molecule has 0 rings (SSSR count). The number of unbranched alkanes of at least 4 members (excludes halogenated alkanes) is 39. The Hall–Kier alpha value is -1.94. The largest absolute Gasteiger partial charge is 0.472 e. The number of carbonyl (C=O) groups excluding carboxylic acids is 4. The lowest BCUT2D eigenvalue weighted by molar-refractivity contribution is -0.161. The number of phosphoric ester groups is 2. The summed E-state index contributed by atoms with van der Waals surface area (Å²) in [5.41, 5.74) is 0. The molecule has 3 N–H and O–H groups in total. The van der Waals surface area contributed by atoms with Crippen LogP contribution in [0.1, 0.15) is 382 Å². The fourth-order valence-corrected chi connectivity index (χ4v) is 12.9. The van der Waals surface area contributed by atoms with Crippen molar-refractivity contribution in [3.05, 3.63) is 0 Å². The van der Waals surface area contributed by atoms with Crippen LogP contribution in [0.5, 0.6) is 0 Å². The van der Waals surface area contributed by atoms with Gasteiger partial charge in [-0.2, -0.15) is 0 Å². The zero-order valence-electron chi connectivity index (χ0n) is 61.4. The molecule has 7 atom stereocenters. The van der Waals surface area contributed by atoms with E-state index in [2.05, 4.69) is 48.5 Å². The van der Waals surface area contributed by atoms with E-state index in [0.717, 1.165) is 108 Å². The quantitative estimate of drug-likeness (QED) is 0.0222. The predicted molar refractivity (Wildman–Crippen MR) is 381 cm³/mol. The van der Waals surface area contributed by atoms with E-state index in [9.17, 15) is 43.2 Å². The third-order valence-electron chi connectivity index (χ3n) is 18.1. The highest BCUT2D eigenvalue weighted by Gasteiger charge is 2.30. The zero-order chi connectivity index (χ0) is 69.4. The van der Waals surface area contributed by atoms with E-state index >= 15 is 0 Å². The minimum absolute atomic E-state index is 0.106. The van der Waals surface area contributed by atoms with E-state index in [1.165, 1.54) is 193 Å². The lowest BCUT2D eigenvalue weighted by Gasteiger charge is -2.21. The number of rotatable bonds is 73.